The van der Waals surface area contributed by atoms with Crippen LogP contribution in [0.25, 0.3) is 11.1 Å². The molecule has 0 amide bonds. The van der Waals surface area contributed by atoms with Crippen molar-refractivity contribution < 1.29 is 8.85 Å². The number of hydrogen-bond acceptors (Lipinski definition) is 2. The Morgan fingerprint density at radius 3 is 1.52 bits per heavy atom. The molecule has 0 fully saturated rings. The lowest BCUT2D eigenvalue weighted by Crippen LogP contribution is -2.66. The number of hydrogen-bond donors (Lipinski definition) is 0. The lowest BCUT2D eigenvalue weighted by Gasteiger charge is -2.32. The SMILES string of the molecule is CC(C)CO[Si](Oc1ccc(-c2ccccc2)cc1)(c1ccccc1)c1ccccc1. The van der Waals surface area contributed by atoms with Crippen LogP contribution in [0.5, 0.6) is 5.75 Å². The molecular formula is C28H28O2Si. The maximum absolute atomic E-state index is 6.83. The molecule has 0 aliphatic heterocycles. The normalized spacial score (nSPS) is 11.5. The first-order chi connectivity index (χ1) is 15.2. The van der Waals surface area contributed by atoms with Crippen molar-refractivity contribution in [1.29, 1.82) is 0 Å². The van der Waals surface area contributed by atoms with Crippen molar-refractivity contribution >= 4 is 18.9 Å². The highest BCUT2D eigenvalue weighted by Crippen LogP contribution is 2.24. The number of rotatable bonds is 8. The van der Waals surface area contributed by atoms with Gasteiger partial charge in [0.05, 0.1) is 0 Å². The van der Waals surface area contributed by atoms with E-state index in [1.165, 1.54) is 11.1 Å². The predicted molar refractivity (Wildman–Crippen MR) is 131 cm³/mol. The average molecular weight is 425 g/mol. The lowest BCUT2D eigenvalue weighted by atomic mass is 10.1. The molecule has 0 atom stereocenters. The van der Waals surface area contributed by atoms with Crippen LogP contribution in [-0.4, -0.2) is 15.2 Å². The molecular weight excluding hydrogens is 396 g/mol. The largest absolute Gasteiger partial charge is 0.514 e. The molecule has 0 bridgehead atoms. The zero-order valence-corrected chi connectivity index (χ0v) is 19.1. The first-order valence-electron chi connectivity index (χ1n) is 10.8. The second-order valence-corrected chi connectivity index (χ2v) is 10.9. The third kappa shape index (κ3) is 4.96. The highest BCUT2D eigenvalue weighted by Gasteiger charge is 2.45. The minimum atomic E-state index is -2.95. The average Bonchev–Trinajstić information content (AvgIpc) is 2.84. The first kappa shape index (κ1) is 21.1. The van der Waals surface area contributed by atoms with Gasteiger partial charge in [-0.1, -0.05) is 117 Å². The highest BCUT2D eigenvalue weighted by atomic mass is 28.4. The summed E-state index contributed by atoms with van der Waals surface area (Å²) >= 11 is 0. The van der Waals surface area contributed by atoms with E-state index in [2.05, 4.69) is 111 Å². The Bertz CT molecular complexity index is 1020. The van der Waals surface area contributed by atoms with Gasteiger partial charge in [-0.05, 0) is 29.2 Å². The van der Waals surface area contributed by atoms with E-state index < -0.39 is 8.56 Å². The second kappa shape index (κ2) is 9.78. The molecule has 0 unspecified atom stereocenters. The third-order valence-corrected chi connectivity index (χ3v) is 8.43. The van der Waals surface area contributed by atoms with Crippen LogP contribution in [0, 0.1) is 5.92 Å². The fourth-order valence-corrected chi connectivity index (χ4v) is 6.85. The van der Waals surface area contributed by atoms with Gasteiger partial charge in [-0.25, -0.2) is 0 Å². The fourth-order valence-electron chi connectivity index (χ4n) is 3.59. The van der Waals surface area contributed by atoms with Crippen LogP contribution in [0.4, 0.5) is 0 Å². The van der Waals surface area contributed by atoms with Gasteiger partial charge >= 0.3 is 8.56 Å². The Hall–Kier alpha value is -3.14. The molecule has 0 heterocycles. The predicted octanol–water partition coefficient (Wildman–Crippen LogP) is 5.66. The summed E-state index contributed by atoms with van der Waals surface area (Å²) in [5, 5.41) is 2.21. The summed E-state index contributed by atoms with van der Waals surface area (Å²) in [5.74, 6) is 1.23. The lowest BCUT2D eigenvalue weighted by molar-refractivity contribution is 0.226. The van der Waals surface area contributed by atoms with Crippen LogP contribution in [0.3, 0.4) is 0 Å². The molecule has 4 rings (SSSR count). The Balaban J connectivity index is 1.75. The molecule has 0 saturated heterocycles. The summed E-state index contributed by atoms with van der Waals surface area (Å²) in [6.07, 6.45) is 0. The zero-order valence-electron chi connectivity index (χ0n) is 18.1. The maximum Gasteiger partial charge on any atom is 0.468 e. The quantitative estimate of drug-likeness (QED) is 0.340. The minimum absolute atomic E-state index is 0.406. The summed E-state index contributed by atoms with van der Waals surface area (Å²) in [7, 11) is -2.95. The van der Waals surface area contributed by atoms with Crippen molar-refractivity contribution in [3.05, 3.63) is 115 Å². The van der Waals surface area contributed by atoms with E-state index in [0.717, 1.165) is 16.1 Å². The van der Waals surface area contributed by atoms with E-state index in [0.29, 0.717) is 12.5 Å². The van der Waals surface area contributed by atoms with Gasteiger partial charge in [0.15, 0.2) is 0 Å². The van der Waals surface area contributed by atoms with Gasteiger partial charge in [-0.3, -0.25) is 0 Å². The Kier molecular flexibility index (Phi) is 6.65. The maximum atomic E-state index is 6.83. The monoisotopic (exact) mass is 424 g/mol. The minimum Gasteiger partial charge on any atom is -0.514 e. The fraction of sp³-hybridized carbons (Fsp3) is 0.143. The molecule has 4 aromatic rings. The van der Waals surface area contributed by atoms with Gasteiger partial charge in [-0.15, -0.1) is 0 Å². The van der Waals surface area contributed by atoms with Crippen LogP contribution in [0.1, 0.15) is 13.8 Å². The zero-order chi connectivity index (χ0) is 21.5. The molecule has 0 radical (unpaired) electrons. The van der Waals surface area contributed by atoms with E-state index in [1.54, 1.807) is 0 Å². The highest BCUT2D eigenvalue weighted by molar-refractivity contribution is 6.93. The summed E-state index contributed by atoms with van der Waals surface area (Å²) in [6, 6.07) is 39.5. The molecule has 0 N–H and O–H groups in total. The molecule has 0 aliphatic carbocycles. The molecule has 2 nitrogen and oxygen atoms in total. The molecule has 156 valence electrons. The molecule has 4 aromatic carbocycles. The molecule has 0 saturated carbocycles. The van der Waals surface area contributed by atoms with Crippen molar-refractivity contribution in [3.8, 4) is 16.9 Å². The molecule has 0 aromatic heterocycles. The van der Waals surface area contributed by atoms with Crippen molar-refractivity contribution in [2.75, 3.05) is 6.61 Å². The summed E-state index contributed by atoms with van der Waals surface area (Å²) in [4.78, 5) is 0. The Morgan fingerprint density at radius 2 is 1.03 bits per heavy atom. The van der Waals surface area contributed by atoms with Crippen LogP contribution in [0.15, 0.2) is 115 Å². The van der Waals surface area contributed by atoms with E-state index in [1.807, 2.05) is 18.2 Å². The van der Waals surface area contributed by atoms with E-state index in [4.69, 9.17) is 8.85 Å². The van der Waals surface area contributed by atoms with Gasteiger partial charge in [-0.2, -0.15) is 0 Å². The van der Waals surface area contributed by atoms with E-state index in [9.17, 15) is 0 Å². The molecule has 0 aliphatic rings. The molecule has 3 heteroatoms. The van der Waals surface area contributed by atoms with E-state index in [-0.39, 0.29) is 0 Å². The topological polar surface area (TPSA) is 18.5 Å². The third-order valence-electron chi connectivity index (χ3n) is 5.15. The Morgan fingerprint density at radius 1 is 0.581 bits per heavy atom. The van der Waals surface area contributed by atoms with Crippen LogP contribution < -0.4 is 14.8 Å². The van der Waals surface area contributed by atoms with Crippen LogP contribution in [0.2, 0.25) is 0 Å². The van der Waals surface area contributed by atoms with Gasteiger partial charge in [0.1, 0.15) is 5.75 Å². The second-order valence-electron chi connectivity index (χ2n) is 8.05. The van der Waals surface area contributed by atoms with Crippen LogP contribution >= 0.6 is 0 Å². The summed E-state index contributed by atoms with van der Waals surface area (Å²) in [6.45, 7) is 4.98. The smallest absolute Gasteiger partial charge is 0.468 e. The standard InChI is InChI=1S/C28H28O2Si/c1-23(2)22-29-31(27-14-8-4-9-15-27,28-16-10-5-11-17-28)30-26-20-18-25(19-21-26)24-12-6-3-7-13-24/h3-21,23H,22H2,1-2H3. The van der Waals surface area contributed by atoms with E-state index >= 15 is 0 Å². The van der Waals surface area contributed by atoms with Crippen molar-refractivity contribution in [1.82, 2.24) is 0 Å². The van der Waals surface area contributed by atoms with Crippen LogP contribution in [-0.2, 0) is 4.43 Å². The van der Waals surface area contributed by atoms with Gasteiger partial charge < -0.3 is 8.85 Å². The number of benzene rings is 4. The van der Waals surface area contributed by atoms with Gasteiger partial charge in [0.2, 0.25) is 0 Å². The Labute approximate surface area is 186 Å². The van der Waals surface area contributed by atoms with Crippen molar-refractivity contribution in [2.24, 2.45) is 5.92 Å². The first-order valence-corrected chi connectivity index (χ1v) is 12.6. The van der Waals surface area contributed by atoms with Crippen molar-refractivity contribution in [2.45, 2.75) is 13.8 Å². The van der Waals surface area contributed by atoms with Gasteiger partial charge in [0, 0.05) is 17.0 Å². The van der Waals surface area contributed by atoms with Crippen molar-refractivity contribution in [3.63, 3.8) is 0 Å². The summed E-state index contributed by atoms with van der Waals surface area (Å²) < 4.78 is 13.5. The molecule has 0 spiro atoms. The van der Waals surface area contributed by atoms with Gasteiger partial charge in [0.25, 0.3) is 0 Å². The summed E-state index contributed by atoms with van der Waals surface area (Å²) in [5.41, 5.74) is 2.36. The molecule has 31 heavy (non-hydrogen) atoms.